The van der Waals surface area contributed by atoms with Gasteiger partial charge >= 0.3 is 0 Å². The highest BCUT2D eigenvalue weighted by molar-refractivity contribution is 7.17. The summed E-state index contributed by atoms with van der Waals surface area (Å²) in [6.07, 6.45) is 4.24. The van der Waals surface area contributed by atoms with E-state index in [4.69, 9.17) is 4.74 Å². The molecule has 2 aromatic heterocycles. The highest BCUT2D eigenvalue weighted by Gasteiger charge is 2.23. The van der Waals surface area contributed by atoms with Crippen molar-refractivity contribution in [3.63, 3.8) is 0 Å². The van der Waals surface area contributed by atoms with Crippen molar-refractivity contribution >= 4 is 27.4 Å². The number of nitrogens with zero attached hydrogens (tertiary/aromatic N) is 3. The van der Waals surface area contributed by atoms with Crippen LogP contribution in [-0.4, -0.2) is 36.3 Å². The van der Waals surface area contributed by atoms with Gasteiger partial charge in [0, 0.05) is 20.2 Å². The number of methoxy groups -OCH3 is 1. The van der Waals surface area contributed by atoms with Crippen LogP contribution in [0.1, 0.15) is 38.2 Å². The Bertz CT molecular complexity index is 588. The maximum atomic E-state index is 5.45. The Morgan fingerprint density at radius 1 is 1.30 bits per heavy atom. The standard InChI is InChI=1S/C15H21N3OS/c1-10(2)12-8-20-15-13(12)14(16-9-17-15)18-6-4-11(19-3)5-7-18/h8-11H,4-7H2,1-3H3. The second kappa shape index (κ2) is 5.66. The third kappa shape index (κ3) is 2.40. The van der Waals surface area contributed by atoms with Gasteiger partial charge in [0.25, 0.3) is 0 Å². The van der Waals surface area contributed by atoms with Gasteiger partial charge in [-0.2, -0.15) is 0 Å². The summed E-state index contributed by atoms with van der Waals surface area (Å²) in [6.45, 7) is 6.49. The van der Waals surface area contributed by atoms with Gasteiger partial charge in [0.15, 0.2) is 0 Å². The molecule has 1 saturated heterocycles. The van der Waals surface area contributed by atoms with Crippen LogP contribution in [0, 0.1) is 0 Å². The van der Waals surface area contributed by atoms with E-state index in [0.717, 1.165) is 36.6 Å². The number of fused-ring (bicyclic) bond motifs is 1. The maximum absolute atomic E-state index is 5.45. The van der Waals surface area contributed by atoms with E-state index in [1.54, 1.807) is 24.8 Å². The number of piperidine rings is 1. The van der Waals surface area contributed by atoms with Gasteiger partial charge < -0.3 is 9.64 Å². The van der Waals surface area contributed by atoms with Crippen molar-refractivity contribution in [1.82, 2.24) is 9.97 Å². The summed E-state index contributed by atoms with van der Waals surface area (Å²) in [5.74, 6) is 1.61. The molecule has 0 radical (unpaired) electrons. The summed E-state index contributed by atoms with van der Waals surface area (Å²) in [4.78, 5) is 12.5. The summed E-state index contributed by atoms with van der Waals surface area (Å²) in [7, 11) is 1.80. The average molecular weight is 291 g/mol. The molecule has 2 aromatic rings. The van der Waals surface area contributed by atoms with E-state index in [9.17, 15) is 0 Å². The van der Waals surface area contributed by atoms with Crippen molar-refractivity contribution in [3.05, 3.63) is 17.3 Å². The van der Waals surface area contributed by atoms with Crippen LogP contribution in [0.15, 0.2) is 11.7 Å². The minimum absolute atomic E-state index is 0.399. The average Bonchev–Trinajstić information content (AvgIpc) is 2.91. The van der Waals surface area contributed by atoms with Crippen molar-refractivity contribution in [3.8, 4) is 0 Å². The molecular formula is C15H21N3OS. The van der Waals surface area contributed by atoms with E-state index in [1.165, 1.54) is 10.9 Å². The molecule has 0 aliphatic carbocycles. The fourth-order valence-electron chi connectivity index (χ4n) is 2.85. The highest BCUT2D eigenvalue weighted by Crippen LogP contribution is 2.36. The van der Waals surface area contributed by atoms with Crippen LogP contribution in [0.5, 0.6) is 0 Å². The second-order valence-electron chi connectivity index (χ2n) is 5.65. The van der Waals surface area contributed by atoms with E-state index in [0.29, 0.717) is 12.0 Å². The molecule has 0 spiro atoms. The van der Waals surface area contributed by atoms with Crippen LogP contribution < -0.4 is 4.90 Å². The Hall–Kier alpha value is -1.20. The van der Waals surface area contributed by atoms with Crippen LogP contribution in [0.2, 0.25) is 0 Å². The predicted molar refractivity (Wildman–Crippen MR) is 83.7 cm³/mol. The Morgan fingerprint density at radius 2 is 2.05 bits per heavy atom. The number of aromatic nitrogens is 2. The van der Waals surface area contributed by atoms with Crippen molar-refractivity contribution in [2.75, 3.05) is 25.1 Å². The molecule has 0 unspecified atom stereocenters. The van der Waals surface area contributed by atoms with E-state index >= 15 is 0 Å². The van der Waals surface area contributed by atoms with Crippen LogP contribution in [0.25, 0.3) is 10.2 Å². The van der Waals surface area contributed by atoms with E-state index < -0.39 is 0 Å². The fourth-order valence-corrected chi connectivity index (χ4v) is 3.91. The van der Waals surface area contributed by atoms with Gasteiger partial charge in [-0.05, 0) is 29.7 Å². The van der Waals surface area contributed by atoms with Crippen molar-refractivity contribution in [2.45, 2.75) is 38.7 Å². The SMILES string of the molecule is COC1CCN(c2ncnc3scc(C(C)C)c23)CC1. The largest absolute Gasteiger partial charge is 0.381 e. The molecule has 5 heteroatoms. The van der Waals surface area contributed by atoms with Crippen LogP contribution >= 0.6 is 11.3 Å². The minimum Gasteiger partial charge on any atom is -0.381 e. The smallest absolute Gasteiger partial charge is 0.141 e. The van der Waals surface area contributed by atoms with Gasteiger partial charge in [-0.3, -0.25) is 0 Å². The second-order valence-corrected chi connectivity index (χ2v) is 6.50. The summed E-state index contributed by atoms with van der Waals surface area (Å²) >= 11 is 1.72. The summed E-state index contributed by atoms with van der Waals surface area (Å²) in [5.41, 5.74) is 1.37. The van der Waals surface area contributed by atoms with E-state index in [2.05, 4.69) is 34.1 Å². The maximum Gasteiger partial charge on any atom is 0.141 e. The number of ether oxygens (including phenoxy) is 1. The van der Waals surface area contributed by atoms with Crippen LogP contribution in [0.3, 0.4) is 0 Å². The lowest BCUT2D eigenvalue weighted by Crippen LogP contribution is -2.37. The third-order valence-electron chi connectivity index (χ3n) is 4.08. The van der Waals surface area contributed by atoms with Gasteiger partial charge in [0.1, 0.15) is 17.0 Å². The number of anilines is 1. The molecule has 3 heterocycles. The van der Waals surface area contributed by atoms with Crippen molar-refractivity contribution in [2.24, 2.45) is 0 Å². The molecule has 1 fully saturated rings. The van der Waals surface area contributed by atoms with Gasteiger partial charge in [0.2, 0.25) is 0 Å². The summed E-state index contributed by atoms with van der Waals surface area (Å²) in [6, 6.07) is 0. The first-order valence-electron chi connectivity index (χ1n) is 7.20. The third-order valence-corrected chi connectivity index (χ3v) is 4.98. The molecule has 20 heavy (non-hydrogen) atoms. The summed E-state index contributed by atoms with van der Waals surface area (Å²) in [5, 5.41) is 3.48. The van der Waals surface area contributed by atoms with Gasteiger partial charge in [-0.1, -0.05) is 13.8 Å². The molecule has 0 atom stereocenters. The fraction of sp³-hybridized carbons (Fsp3) is 0.600. The zero-order chi connectivity index (χ0) is 14.1. The van der Waals surface area contributed by atoms with Crippen molar-refractivity contribution in [1.29, 1.82) is 0 Å². The molecule has 108 valence electrons. The topological polar surface area (TPSA) is 38.2 Å². The summed E-state index contributed by atoms with van der Waals surface area (Å²) < 4.78 is 5.45. The Labute approximate surface area is 123 Å². The van der Waals surface area contributed by atoms with Crippen LogP contribution in [0.4, 0.5) is 5.82 Å². The molecule has 0 N–H and O–H groups in total. The number of rotatable bonds is 3. The number of hydrogen-bond acceptors (Lipinski definition) is 5. The Morgan fingerprint density at radius 3 is 2.70 bits per heavy atom. The Kier molecular flexibility index (Phi) is 3.89. The molecule has 0 bridgehead atoms. The van der Waals surface area contributed by atoms with Gasteiger partial charge in [-0.15, -0.1) is 11.3 Å². The molecule has 0 aromatic carbocycles. The lowest BCUT2D eigenvalue weighted by Gasteiger charge is -2.32. The zero-order valence-corrected chi connectivity index (χ0v) is 13.1. The zero-order valence-electron chi connectivity index (χ0n) is 12.3. The molecule has 4 nitrogen and oxygen atoms in total. The normalized spacial score (nSPS) is 17.3. The minimum atomic E-state index is 0.399. The van der Waals surface area contributed by atoms with E-state index in [1.807, 2.05) is 0 Å². The van der Waals surface area contributed by atoms with Crippen LogP contribution in [-0.2, 0) is 4.74 Å². The Balaban J connectivity index is 1.97. The molecular weight excluding hydrogens is 270 g/mol. The highest BCUT2D eigenvalue weighted by atomic mass is 32.1. The molecule has 0 amide bonds. The number of hydrogen-bond donors (Lipinski definition) is 0. The monoisotopic (exact) mass is 291 g/mol. The van der Waals surface area contributed by atoms with E-state index in [-0.39, 0.29) is 0 Å². The van der Waals surface area contributed by atoms with Gasteiger partial charge in [0.05, 0.1) is 11.5 Å². The lowest BCUT2D eigenvalue weighted by molar-refractivity contribution is 0.0818. The number of thiophene rings is 1. The molecule has 1 aliphatic heterocycles. The lowest BCUT2D eigenvalue weighted by atomic mass is 10.0. The first-order chi connectivity index (χ1) is 9.70. The molecule has 0 saturated carbocycles. The molecule has 1 aliphatic rings. The predicted octanol–water partition coefficient (Wildman–Crippen LogP) is 3.43. The first kappa shape index (κ1) is 13.8. The first-order valence-corrected chi connectivity index (χ1v) is 8.08. The molecule has 3 rings (SSSR count). The quantitative estimate of drug-likeness (QED) is 0.868. The van der Waals surface area contributed by atoms with Crippen molar-refractivity contribution < 1.29 is 4.74 Å². The van der Waals surface area contributed by atoms with Gasteiger partial charge in [-0.25, -0.2) is 9.97 Å².